The van der Waals surface area contributed by atoms with Gasteiger partial charge in [0, 0.05) is 30.3 Å². The second-order valence-corrected chi connectivity index (χ2v) is 6.29. The summed E-state index contributed by atoms with van der Waals surface area (Å²) in [5, 5.41) is 18.6. The van der Waals surface area contributed by atoms with E-state index in [1.807, 2.05) is 30.3 Å². The van der Waals surface area contributed by atoms with Crippen LogP contribution in [0.15, 0.2) is 53.1 Å². The number of nitrogens with zero attached hydrogens (tertiary/aromatic N) is 3. The van der Waals surface area contributed by atoms with Gasteiger partial charge in [0.15, 0.2) is 0 Å². The van der Waals surface area contributed by atoms with Crippen molar-refractivity contribution >= 4 is 11.4 Å². The maximum Gasteiger partial charge on any atom is 0.293 e. The molecule has 4 rings (SSSR count). The fourth-order valence-corrected chi connectivity index (χ4v) is 3.04. The zero-order valence-corrected chi connectivity index (χ0v) is 14.5. The second kappa shape index (κ2) is 7.55. The van der Waals surface area contributed by atoms with Gasteiger partial charge in [-0.15, -0.1) is 0 Å². The van der Waals surface area contributed by atoms with E-state index in [1.54, 1.807) is 12.1 Å². The highest BCUT2D eigenvalue weighted by atomic mass is 16.6. The smallest absolute Gasteiger partial charge is 0.293 e. The van der Waals surface area contributed by atoms with E-state index in [0.717, 1.165) is 25.0 Å². The minimum Gasteiger partial charge on any atom is -0.377 e. The van der Waals surface area contributed by atoms with Gasteiger partial charge in [-0.3, -0.25) is 10.1 Å². The third-order valence-corrected chi connectivity index (χ3v) is 4.44. The van der Waals surface area contributed by atoms with Crippen LogP contribution < -0.4 is 5.32 Å². The number of nitro groups is 1. The molecule has 3 aromatic rings. The zero-order chi connectivity index (χ0) is 18.6. The summed E-state index contributed by atoms with van der Waals surface area (Å²) in [4.78, 5) is 15.4. The number of benzene rings is 2. The lowest BCUT2D eigenvalue weighted by atomic mass is 10.1. The molecule has 1 aliphatic heterocycles. The fourth-order valence-electron chi connectivity index (χ4n) is 3.04. The Kier molecular flexibility index (Phi) is 4.80. The van der Waals surface area contributed by atoms with E-state index in [4.69, 9.17) is 9.26 Å². The molecule has 1 fully saturated rings. The molecule has 0 aliphatic carbocycles. The summed E-state index contributed by atoms with van der Waals surface area (Å²) < 4.78 is 10.8. The van der Waals surface area contributed by atoms with Crippen molar-refractivity contribution in [3.8, 4) is 22.8 Å². The maximum absolute atomic E-state index is 11.5. The molecule has 1 aromatic heterocycles. The Morgan fingerprint density at radius 1 is 1.19 bits per heavy atom. The fraction of sp³-hybridized carbons (Fsp3) is 0.263. The lowest BCUT2D eigenvalue weighted by Gasteiger charge is -2.12. The third kappa shape index (κ3) is 3.80. The molecule has 2 heterocycles. The van der Waals surface area contributed by atoms with Gasteiger partial charge in [-0.2, -0.15) is 4.98 Å². The zero-order valence-electron chi connectivity index (χ0n) is 14.5. The Labute approximate surface area is 155 Å². The average Bonchev–Trinajstić information content (AvgIpc) is 3.39. The molecule has 0 amide bonds. The second-order valence-electron chi connectivity index (χ2n) is 6.29. The molecule has 27 heavy (non-hydrogen) atoms. The van der Waals surface area contributed by atoms with Crippen LogP contribution in [-0.4, -0.2) is 34.3 Å². The molecule has 1 atom stereocenters. The van der Waals surface area contributed by atoms with Crippen molar-refractivity contribution < 1.29 is 14.2 Å². The van der Waals surface area contributed by atoms with Crippen molar-refractivity contribution in [1.29, 1.82) is 0 Å². The van der Waals surface area contributed by atoms with Crippen molar-refractivity contribution in [3.63, 3.8) is 0 Å². The lowest BCUT2D eigenvalue weighted by molar-refractivity contribution is -0.383. The highest BCUT2D eigenvalue weighted by Crippen LogP contribution is 2.31. The first kappa shape index (κ1) is 17.2. The summed E-state index contributed by atoms with van der Waals surface area (Å²) in [6.07, 6.45) is 2.07. The van der Waals surface area contributed by atoms with Crippen LogP contribution in [0.1, 0.15) is 12.8 Å². The average molecular weight is 366 g/mol. The number of anilines is 1. The standard InChI is InChI=1S/C19H18N4O4/c24-23(25)17-11-14(8-9-16(17)20-12-15-7-4-10-26-15)19-21-18(22-27-19)13-5-2-1-3-6-13/h1-3,5-6,8-9,11,15,20H,4,7,10,12H2/t15-/m0/s1. The first-order valence-electron chi connectivity index (χ1n) is 8.74. The van der Waals surface area contributed by atoms with Crippen molar-refractivity contribution in [1.82, 2.24) is 10.1 Å². The van der Waals surface area contributed by atoms with Gasteiger partial charge in [0.25, 0.3) is 11.6 Å². The van der Waals surface area contributed by atoms with E-state index in [1.165, 1.54) is 6.07 Å². The van der Waals surface area contributed by atoms with Crippen LogP contribution in [0.2, 0.25) is 0 Å². The molecule has 8 nitrogen and oxygen atoms in total. The highest BCUT2D eigenvalue weighted by molar-refractivity contribution is 5.70. The molecule has 1 N–H and O–H groups in total. The summed E-state index contributed by atoms with van der Waals surface area (Å²) in [7, 11) is 0. The molecule has 0 radical (unpaired) electrons. The van der Waals surface area contributed by atoms with Crippen molar-refractivity contribution in [2.45, 2.75) is 18.9 Å². The van der Waals surface area contributed by atoms with Gasteiger partial charge in [-0.25, -0.2) is 0 Å². The van der Waals surface area contributed by atoms with Crippen LogP contribution in [0.25, 0.3) is 22.8 Å². The normalized spacial score (nSPS) is 16.4. The highest BCUT2D eigenvalue weighted by Gasteiger charge is 2.21. The van der Waals surface area contributed by atoms with Gasteiger partial charge in [0.2, 0.25) is 5.82 Å². The van der Waals surface area contributed by atoms with Gasteiger partial charge in [0.1, 0.15) is 5.69 Å². The largest absolute Gasteiger partial charge is 0.377 e. The van der Waals surface area contributed by atoms with Crippen LogP contribution in [-0.2, 0) is 4.74 Å². The molecule has 0 spiro atoms. The van der Waals surface area contributed by atoms with E-state index in [-0.39, 0.29) is 17.7 Å². The first-order chi connectivity index (χ1) is 13.2. The van der Waals surface area contributed by atoms with Crippen LogP contribution in [0.5, 0.6) is 0 Å². The van der Waals surface area contributed by atoms with Crippen molar-refractivity contribution in [2.75, 3.05) is 18.5 Å². The van der Waals surface area contributed by atoms with E-state index < -0.39 is 4.92 Å². The molecule has 1 saturated heterocycles. The molecule has 0 bridgehead atoms. The Hall–Kier alpha value is -3.26. The van der Waals surface area contributed by atoms with Gasteiger partial charge < -0.3 is 14.6 Å². The van der Waals surface area contributed by atoms with E-state index >= 15 is 0 Å². The summed E-state index contributed by atoms with van der Waals surface area (Å²) in [6, 6.07) is 14.2. The molecule has 0 unspecified atom stereocenters. The van der Waals surface area contributed by atoms with Gasteiger partial charge in [0.05, 0.1) is 11.0 Å². The summed E-state index contributed by atoms with van der Waals surface area (Å²) in [5.74, 6) is 0.677. The van der Waals surface area contributed by atoms with Crippen molar-refractivity contribution in [3.05, 3.63) is 58.6 Å². The lowest BCUT2D eigenvalue weighted by Crippen LogP contribution is -2.18. The Bertz CT molecular complexity index is 936. The molecule has 138 valence electrons. The van der Waals surface area contributed by atoms with Gasteiger partial charge >= 0.3 is 0 Å². The van der Waals surface area contributed by atoms with Crippen LogP contribution in [0.3, 0.4) is 0 Å². The minimum atomic E-state index is -0.421. The predicted molar refractivity (Wildman–Crippen MR) is 99.3 cm³/mol. The Morgan fingerprint density at radius 3 is 2.78 bits per heavy atom. The Morgan fingerprint density at radius 2 is 2.04 bits per heavy atom. The summed E-state index contributed by atoms with van der Waals surface area (Å²) in [5.41, 5.74) is 1.72. The first-order valence-corrected chi connectivity index (χ1v) is 8.74. The number of aromatic nitrogens is 2. The molecule has 0 saturated carbocycles. The van der Waals surface area contributed by atoms with E-state index in [0.29, 0.717) is 23.6 Å². The quantitative estimate of drug-likeness (QED) is 0.521. The number of hydrogen-bond acceptors (Lipinski definition) is 7. The van der Waals surface area contributed by atoms with Crippen molar-refractivity contribution in [2.24, 2.45) is 0 Å². The number of nitrogens with one attached hydrogen (secondary N) is 1. The number of hydrogen-bond donors (Lipinski definition) is 1. The van der Waals surface area contributed by atoms with Crippen LogP contribution in [0.4, 0.5) is 11.4 Å². The molecule has 1 aliphatic rings. The van der Waals surface area contributed by atoms with Gasteiger partial charge in [-0.05, 0) is 25.0 Å². The van der Waals surface area contributed by atoms with Crippen LogP contribution >= 0.6 is 0 Å². The minimum absolute atomic E-state index is 0.0371. The third-order valence-electron chi connectivity index (χ3n) is 4.44. The predicted octanol–water partition coefficient (Wildman–Crippen LogP) is 3.90. The maximum atomic E-state index is 11.5. The topological polar surface area (TPSA) is 103 Å². The molecular weight excluding hydrogens is 348 g/mol. The van der Waals surface area contributed by atoms with Gasteiger partial charge in [-0.1, -0.05) is 35.5 Å². The Balaban J connectivity index is 1.57. The molecule has 2 aromatic carbocycles. The summed E-state index contributed by atoms with van der Waals surface area (Å²) >= 11 is 0. The monoisotopic (exact) mass is 366 g/mol. The van der Waals surface area contributed by atoms with Crippen LogP contribution in [0, 0.1) is 10.1 Å². The van der Waals surface area contributed by atoms with E-state index in [9.17, 15) is 10.1 Å². The number of nitro benzene ring substituents is 1. The number of rotatable bonds is 6. The molecule has 8 heteroatoms. The molecular formula is C19H18N4O4. The summed E-state index contributed by atoms with van der Waals surface area (Å²) in [6.45, 7) is 1.28. The SMILES string of the molecule is O=[N+]([O-])c1cc(-c2nc(-c3ccccc3)no2)ccc1NC[C@@H]1CCCO1. The van der Waals surface area contributed by atoms with E-state index in [2.05, 4.69) is 15.5 Å². The number of ether oxygens (including phenoxy) is 1.